The van der Waals surface area contributed by atoms with Gasteiger partial charge in [0.2, 0.25) is 0 Å². The molecule has 1 aromatic heterocycles. The van der Waals surface area contributed by atoms with Gasteiger partial charge in [0.05, 0.1) is 19.5 Å². The zero-order valence-electron chi connectivity index (χ0n) is 23.1. The number of sulfone groups is 1. The van der Waals surface area contributed by atoms with Crippen LogP contribution in [0.15, 0.2) is 53.1 Å². The number of aromatic nitrogens is 2. The van der Waals surface area contributed by atoms with Gasteiger partial charge in [0.1, 0.15) is 15.6 Å². The molecule has 0 radical (unpaired) electrons. The molecule has 1 aliphatic heterocycles. The van der Waals surface area contributed by atoms with Crippen molar-refractivity contribution < 1.29 is 36.3 Å². The minimum absolute atomic E-state index is 0.00994. The second-order valence-corrected chi connectivity index (χ2v) is 12.2. The molecule has 2 aromatic carbocycles. The standard InChI is InChI=1S/C29H34FN3O7S/c1-37-28(34)11-7-21-4-8-24(9-5-21)39-20-27-31-29(32-40-27)23-12-14-33(15-13-23)19-22-6-10-26(25(30)18-22)38-16-3-17-41(2,35)36/h4-11,18,23H,3,12-17,19-20H2,1-2H3. The van der Waals surface area contributed by atoms with Crippen molar-refractivity contribution in [3.8, 4) is 11.5 Å². The van der Waals surface area contributed by atoms with Crippen LogP contribution < -0.4 is 9.47 Å². The Hall–Kier alpha value is -3.77. The Bertz CT molecular complexity index is 1430. The summed E-state index contributed by atoms with van der Waals surface area (Å²) < 4.78 is 58.0. The third-order valence-corrected chi connectivity index (χ3v) is 7.64. The molecule has 0 saturated carbocycles. The third kappa shape index (κ3) is 9.68. The Morgan fingerprint density at radius 1 is 1.15 bits per heavy atom. The van der Waals surface area contributed by atoms with Crippen LogP contribution in [0.1, 0.15) is 48.0 Å². The van der Waals surface area contributed by atoms with Crippen LogP contribution in [0.5, 0.6) is 11.5 Å². The number of carbonyl (C=O) groups is 1. The molecule has 10 nitrogen and oxygen atoms in total. The van der Waals surface area contributed by atoms with Crippen molar-refractivity contribution >= 4 is 21.9 Å². The summed E-state index contributed by atoms with van der Waals surface area (Å²) in [6.07, 6.45) is 6.19. The van der Waals surface area contributed by atoms with E-state index < -0.39 is 21.6 Å². The van der Waals surface area contributed by atoms with Crippen molar-refractivity contribution in [1.82, 2.24) is 15.0 Å². The quantitative estimate of drug-likeness (QED) is 0.164. The number of halogens is 1. The van der Waals surface area contributed by atoms with Crippen molar-refractivity contribution in [1.29, 1.82) is 0 Å². The van der Waals surface area contributed by atoms with E-state index in [1.54, 1.807) is 24.3 Å². The molecule has 0 N–H and O–H groups in total. The molecule has 0 unspecified atom stereocenters. The van der Waals surface area contributed by atoms with Crippen molar-refractivity contribution in [3.05, 3.63) is 77.2 Å². The molecule has 41 heavy (non-hydrogen) atoms. The van der Waals surface area contributed by atoms with E-state index in [0.717, 1.165) is 37.1 Å². The Labute approximate surface area is 239 Å². The summed E-state index contributed by atoms with van der Waals surface area (Å²) in [4.78, 5) is 18.0. The van der Waals surface area contributed by atoms with Crippen molar-refractivity contribution in [2.45, 2.75) is 38.3 Å². The lowest BCUT2D eigenvalue weighted by molar-refractivity contribution is -0.134. The van der Waals surface area contributed by atoms with Gasteiger partial charge >= 0.3 is 5.97 Å². The van der Waals surface area contributed by atoms with Gasteiger partial charge in [-0.25, -0.2) is 17.6 Å². The fourth-order valence-electron chi connectivity index (χ4n) is 4.42. The monoisotopic (exact) mass is 587 g/mol. The normalized spacial score (nSPS) is 14.8. The summed E-state index contributed by atoms with van der Waals surface area (Å²) in [5.74, 6) is 1.13. The number of ether oxygens (including phenoxy) is 3. The average Bonchev–Trinajstić information content (AvgIpc) is 3.43. The first kappa shape index (κ1) is 30.2. The van der Waals surface area contributed by atoms with Gasteiger partial charge in [-0.1, -0.05) is 23.4 Å². The van der Waals surface area contributed by atoms with Crippen LogP contribution in [0, 0.1) is 5.82 Å². The topological polar surface area (TPSA) is 121 Å². The van der Waals surface area contributed by atoms with Crippen LogP contribution in [0.4, 0.5) is 4.39 Å². The van der Waals surface area contributed by atoms with Gasteiger partial charge in [-0.15, -0.1) is 0 Å². The molecule has 1 aliphatic rings. The summed E-state index contributed by atoms with van der Waals surface area (Å²) in [7, 11) is -1.73. The van der Waals surface area contributed by atoms with E-state index in [-0.39, 0.29) is 30.6 Å². The molecule has 0 amide bonds. The average molecular weight is 588 g/mol. The number of likely N-dealkylation sites (tertiary alicyclic amines) is 1. The van der Waals surface area contributed by atoms with Crippen molar-refractivity contribution in [3.63, 3.8) is 0 Å². The highest BCUT2D eigenvalue weighted by atomic mass is 32.2. The Balaban J connectivity index is 1.20. The van der Waals surface area contributed by atoms with Crippen LogP contribution in [-0.2, 0) is 32.5 Å². The molecule has 2 heterocycles. The number of hydrogen-bond acceptors (Lipinski definition) is 10. The molecule has 4 rings (SSSR count). The maximum atomic E-state index is 14.5. The predicted octanol–water partition coefficient (Wildman–Crippen LogP) is 4.17. The Kier molecular flexibility index (Phi) is 10.5. The molecule has 0 bridgehead atoms. The number of carbonyl (C=O) groups excluding carboxylic acids is 1. The lowest BCUT2D eigenvalue weighted by Gasteiger charge is -2.30. The second-order valence-electron chi connectivity index (χ2n) is 9.91. The maximum absolute atomic E-state index is 14.5. The first-order valence-corrected chi connectivity index (χ1v) is 15.4. The van der Waals surface area contributed by atoms with Crippen LogP contribution in [0.2, 0.25) is 0 Å². The zero-order valence-corrected chi connectivity index (χ0v) is 23.9. The maximum Gasteiger partial charge on any atom is 0.330 e. The number of benzene rings is 2. The van der Waals surface area contributed by atoms with Crippen molar-refractivity contribution in [2.24, 2.45) is 0 Å². The number of methoxy groups -OCH3 is 1. The molecule has 220 valence electrons. The summed E-state index contributed by atoms with van der Waals surface area (Å²) in [6, 6.07) is 12.1. The van der Waals surface area contributed by atoms with E-state index in [9.17, 15) is 17.6 Å². The van der Waals surface area contributed by atoms with Crippen LogP contribution in [-0.4, -0.2) is 68.2 Å². The predicted molar refractivity (Wildman–Crippen MR) is 150 cm³/mol. The van der Waals surface area contributed by atoms with Gasteiger partial charge in [-0.2, -0.15) is 4.98 Å². The summed E-state index contributed by atoms with van der Waals surface area (Å²) in [5, 5.41) is 4.16. The largest absolute Gasteiger partial charge is 0.490 e. The highest BCUT2D eigenvalue weighted by Crippen LogP contribution is 2.28. The fourth-order valence-corrected chi connectivity index (χ4v) is 5.06. The molecule has 0 aliphatic carbocycles. The van der Waals surface area contributed by atoms with Gasteiger partial charge in [-0.3, -0.25) is 4.90 Å². The summed E-state index contributed by atoms with van der Waals surface area (Å²) in [6.45, 7) is 2.53. The minimum atomic E-state index is -3.06. The van der Waals surface area contributed by atoms with Gasteiger partial charge in [-0.05, 0) is 73.8 Å². The van der Waals surface area contributed by atoms with Gasteiger partial charge < -0.3 is 18.7 Å². The van der Waals surface area contributed by atoms with Gasteiger partial charge in [0.25, 0.3) is 5.89 Å². The van der Waals surface area contributed by atoms with Gasteiger partial charge in [0, 0.05) is 24.8 Å². The molecule has 1 fully saturated rings. The molecule has 12 heteroatoms. The zero-order chi connectivity index (χ0) is 29.2. The fraction of sp³-hybridized carbons (Fsp3) is 0.414. The Morgan fingerprint density at radius 2 is 1.90 bits per heavy atom. The SMILES string of the molecule is COC(=O)C=Cc1ccc(OCc2nc(C3CCN(Cc4ccc(OCCCS(C)(=O)=O)c(F)c4)CC3)no2)cc1. The van der Waals surface area contributed by atoms with Gasteiger partial charge in [0.15, 0.2) is 24.0 Å². The first-order chi connectivity index (χ1) is 19.7. The number of rotatable bonds is 13. The van der Waals surface area contributed by atoms with E-state index >= 15 is 0 Å². The van der Waals surface area contributed by atoms with E-state index in [2.05, 4.69) is 19.8 Å². The highest BCUT2D eigenvalue weighted by molar-refractivity contribution is 7.90. The number of piperidine rings is 1. The first-order valence-electron chi connectivity index (χ1n) is 13.3. The lowest BCUT2D eigenvalue weighted by atomic mass is 9.96. The molecule has 0 spiro atoms. The van der Waals surface area contributed by atoms with Crippen molar-refractivity contribution in [2.75, 3.05) is 38.8 Å². The van der Waals surface area contributed by atoms with E-state index in [4.69, 9.17) is 14.0 Å². The van der Waals surface area contributed by atoms with Crippen LogP contribution in [0.25, 0.3) is 6.08 Å². The minimum Gasteiger partial charge on any atom is -0.490 e. The molecule has 3 aromatic rings. The van der Waals surface area contributed by atoms with Crippen LogP contribution >= 0.6 is 0 Å². The summed E-state index contributed by atoms with van der Waals surface area (Å²) in [5.41, 5.74) is 1.68. The molecular weight excluding hydrogens is 553 g/mol. The summed E-state index contributed by atoms with van der Waals surface area (Å²) >= 11 is 0. The molecule has 0 atom stereocenters. The lowest BCUT2D eigenvalue weighted by Crippen LogP contribution is -2.32. The Morgan fingerprint density at radius 3 is 2.59 bits per heavy atom. The van der Waals surface area contributed by atoms with E-state index in [0.29, 0.717) is 30.4 Å². The smallest absolute Gasteiger partial charge is 0.330 e. The number of nitrogens with zero attached hydrogens (tertiary/aromatic N) is 3. The second kappa shape index (κ2) is 14.2. The number of esters is 1. The van der Waals surface area contributed by atoms with E-state index in [1.165, 1.54) is 25.5 Å². The van der Waals surface area contributed by atoms with Crippen LogP contribution in [0.3, 0.4) is 0 Å². The molecular formula is C29H34FN3O7S. The number of hydrogen-bond donors (Lipinski definition) is 0. The highest BCUT2D eigenvalue weighted by Gasteiger charge is 2.25. The van der Waals surface area contributed by atoms with E-state index in [1.807, 2.05) is 18.2 Å². The molecule has 1 saturated heterocycles. The third-order valence-electron chi connectivity index (χ3n) is 6.61.